The van der Waals surface area contributed by atoms with E-state index >= 15 is 0 Å². The molecule has 0 spiro atoms. The standard InChI is InChI=1S/C8H10F8O3S.C5H5N/c9-5(3-1-2-4-6(10,11)12)7(13,14)8(15,16)20(17,18)19;1-2-4-6-5-3-1/h5H,1-4H2,(H,17,18,19);1-5H. The Morgan fingerprint density at radius 1 is 0.923 bits per heavy atom. The van der Waals surface area contributed by atoms with Crippen molar-refractivity contribution in [3.05, 3.63) is 30.6 Å². The van der Waals surface area contributed by atoms with Gasteiger partial charge in [-0.25, -0.2) is 4.39 Å². The number of rotatable bonds is 7. The van der Waals surface area contributed by atoms with Crippen LogP contribution in [0.15, 0.2) is 30.6 Å². The summed E-state index contributed by atoms with van der Waals surface area (Å²) in [5, 5.41) is -6.07. The molecule has 1 rings (SSSR count). The third-order valence-corrected chi connectivity index (χ3v) is 3.76. The molecular formula is C13H15F8NO3S. The van der Waals surface area contributed by atoms with Crippen molar-refractivity contribution in [1.29, 1.82) is 0 Å². The second-order valence-electron chi connectivity index (χ2n) is 4.97. The van der Waals surface area contributed by atoms with Gasteiger partial charge in [0.2, 0.25) is 0 Å². The molecule has 0 aliphatic rings. The molecule has 0 radical (unpaired) electrons. The fourth-order valence-corrected chi connectivity index (χ4v) is 1.97. The van der Waals surface area contributed by atoms with E-state index in [-0.39, 0.29) is 0 Å². The van der Waals surface area contributed by atoms with Crippen molar-refractivity contribution in [3.63, 3.8) is 0 Å². The largest absolute Gasteiger partial charge is 0.434 e. The maximum atomic E-state index is 12.9. The van der Waals surface area contributed by atoms with E-state index in [2.05, 4.69) is 4.98 Å². The van der Waals surface area contributed by atoms with Gasteiger partial charge in [-0.05, 0) is 31.4 Å². The van der Waals surface area contributed by atoms with E-state index in [0.29, 0.717) is 0 Å². The second kappa shape index (κ2) is 9.44. The minimum Gasteiger partial charge on any atom is -0.281 e. The summed E-state index contributed by atoms with van der Waals surface area (Å²) in [6, 6.07) is 5.72. The molecule has 152 valence electrons. The van der Waals surface area contributed by atoms with Crippen molar-refractivity contribution in [2.45, 2.75) is 49.2 Å². The van der Waals surface area contributed by atoms with E-state index in [1.807, 2.05) is 18.2 Å². The fraction of sp³-hybridized carbons (Fsp3) is 0.615. The van der Waals surface area contributed by atoms with Crippen LogP contribution in [0, 0.1) is 0 Å². The highest BCUT2D eigenvalue weighted by Gasteiger charge is 2.69. The molecule has 0 aromatic carbocycles. The molecule has 1 heterocycles. The van der Waals surface area contributed by atoms with Crippen LogP contribution in [0.4, 0.5) is 35.1 Å². The summed E-state index contributed by atoms with van der Waals surface area (Å²) in [7, 11) is -6.56. The van der Waals surface area contributed by atoms with E-state index < -0.39 is 59.3 Å². The first kappa shape index (κ1) is 24.5. The lowest BCUT2D eigenvalue weighted by Crippen LogP contribution is -2.52. The van der Waals surface area contributed by atoms with Crippen molar-refractivity contribution < 1.29 is 48.1 Å². The minimum absolute atomic E-state index is 0.780. The molecule has 0 saturated carbocycles. The van der Waals surface area contributed by atoms with Crippen molar-refractivity contribution in [2.75, 3.05) is 0 Å². The highest BCUT2D eigenvalue weighted by Crippen LogP contribution is 2.43. The van der Waals surface area contributed by atoms with E-state index in [1.165, 1.54) is 0 Å². The van der Waals surface area contributed by atoms with Crippen molar-refractivity contribution in [2.24, 2.45) is 0 Å². The minimum atomic E-state index is -6.56. The first-order chi connectivity index (χ1) is 11.6. The summed E-state index contributed by atoms with van der Waals surface area (Å²) in [6.45, 7) is 0. The number of aromatic nitrogens is 1. The number of unbranched alkanes of at least 4 members (excludes halogenated alkanes) is 1. The molecule has 1 aromatic heterocycles. The maximum Gasteiger partial charge on any atom is 0.434 e. The summed E-state index contributed by atoms with van der Waals surface area (Å²) in [4.78, 5) is 3.78. The van der Waals surface area contributed by atoms with Crippen LogP contribution in [0.1, 0.15) is 25.7 Å². The number of pyridine rings is 1. The number of halogens is 8. The predicted molar refractivity (Wildman–Crippen MR) is 75.1 cm³/mol. The Morgan fingerprint density at radius 3 is 1.73 bits per heavy atom. The lowest BCUT2D eigenvalue weighted by molar-refractivity contribution is -0.198. The Kier molecular flexibility index (Phi) is 8.90. The van der Waals surface area contributed by atoms with Crippen LogP contribution in [0.5, 0.6) is 0 Å². The highest BCUT2D eigenvalue weighted by atomic mass is 32.2. The Morgan fingerprint density at radius 2 is 1.42 bits per heavy atom. The Balaban J connectivity index is 0.000000867. The van der Waals surface area contributed by atoms with Gasteiger partial charge in [0.25, 0.3) is 0 Å². The van der Waals surface area contributed by atoms with Gasteiger partial charge in [-0.3, -0.25) is 9.54 Å². The van der Waals surface area contributed by atoms with Gasteiger partial charge in [0.15, 0.2) is 6.17 Å². The quantitative estimate of drug-likeness (QED) is 0.399. The van der Waals surface area contributed by atoms with Crippen molar-refractivity contribution in [1.82, 2.24) is 4.98 Å². The molecule has 13 heteroatoms. The van der Waals surface area contributed by atoms with Crippen molar-refractivity contribution >= 4 is 10.1 Å². The number of hydrogen-bond donors (Lipinski definition) is 1. The Hall–Kier alpha value is -1.50. The molecular weight excluding hydrogens is 402 g/mol. The number of nitrogens with zero attached hydrogens (tertiary/aromatic N) is 1. The molecule has 1 aromatic rings. The molecule has 1 atom stereocenters. The smallest absolute Gasteiger partial charge is 0.281 e. The molecule has 0 aliphatic carbocycles. The summed E-state index contributed by atoms with van der Waals surface area (Å²) in [5.41, 5.74) is 0. The molecule has 4 nitrogen and oxygen atoms in total. The average Bonchev–Trinajstić information content (AvgIpc) is 2.51. The van der Waals surface area contributed by atoms with Crippen LogP contribution in [-0.4, -0.2) is 41.5 Å². The van der Waals surface area contributed by atoms with Gasteiger partial charge < -0.3 is 0 Å². The summed E-state index contributed by atoms with van der Waals surface area (Å²) >= 11 is 0. The van der Waals surface area contributed by atoms with Crippen molar-refractivity contribution in [3.8, 4) is 0 Å². The first-order valence-electron chi connectivity index (χ1n) is 6.91. The lowest BCUT2D eigenvalue weighted by Gasteiger charge is -2.26. The zero-order valence-electron chi connectivity index (χ0n) is 12.9. The zero-order chi connectivity index (χ0) is 20.6. The summed E-state index contributed by atoms with van der Waals surface area (Å²) in [5.74, 6) is -5.75. The SMILES string of the molecule is O=S(=O)(O)C(F)(F)C(F)(F)C(F)CCCCC(F)(F)F.c1ccncc1. The number of hydrogen-bond acceptors (Lipinski definition) is 3. The van der Waals surface area contributed by atoms with Crippen LogP contribution in [0.2, 0.25) is 0 Å². The first-order valence-corrected chi connectivity index (χ1v) is 8.35. The highest BCUT2D eigenvalue weighted by molar-refractivity contribution is 7.87. The molecule has 26 heavy (non-hydrogen) atoms. The Labute approximate surface area is 144 Å². The van der Waals surface area contributed by atoms with Gasteiger partial charge in [-0.2, -0.15) is 39.2 Å². The molecule has 0 amide bonds. The van der Waals surface area contributed by atoms with E-state index in [0.717, 1.165) is 0 Å². The zero-order valence-corrected chi connectivity index (χ0v) is 13.8. The Bertz CT molecular complexity index is 595. The summed E-state index contributed by atoms with van der Waals surface area (Å²) in [6.07, 6.45) is -9.23. The lowest BCUT2D eigenvalue weighted by atomic mass is 10.1. The third-order valence-electron chi connectivity index (χ3n) is 2.84. The molecule has 0 aliphatic heterocycles. The van der Waals surface area contributed by atoms with Gasteiger partial charge in [0, 0.05) is 18.8 Å². The molecule has 0 saturated heterocycles. The summed E-state index contributed by atoms with van der Waals surface area (Å²) < 4.78 is 127. The van der Waals surface area contributed by atoms with E-state index in [1.54, 1.807) is 12.4 Å². The molecule has 1 unspecified atom stereocenters. The van der Waals surface area contributed by atoms with Gasteiger partial charge in [0.1, 0.15) is 0 Å². The van der Waals surface area contributed by atoms with Gasteiger partial charge in [0.05, 0.1) is 0 Å². The predicted octanol–water partition coefficient (Wildman–Crippen LogP) is 4.64. The van der Waals surface area contributed by atoms with Gasteiger partial charge in [-0.1, -0.05) is 6.07 Å². The monoisotopic (exact) mass is 417 g/mol. The molecule has 1 N–H and O–H groups in total. The normalized spacial score (nSPS) is 14.3. The topological polar surface area (TPSA) is 67.3 Å². The molecule has 0 bridgehead atoms. The van der Waals surface area contributed by atoms with Gasteiger partial charge in [-0.15, -0.1) is 0 Å². The van der Waals surface area contributed by atoms with Crippen LogP contribution >= 0.6 is 0 Å². The van der Waals surface area contributed by atoms with Gasteiger partial charge >= 0.3 is 27.5 Å². The van der Waals surface area contributed by atoms with E-state index in [9.17, 15) is 43.5 Å². The van der Waals surface area contributed by atoms with Crippen LogP contribution in [-0.2, 0) is 10.1 Å². The van der Waals surface area contributed by atoms with Crippen LogP contribution in [0.25, 0.3) is 0 Å². The maximum absolute atomic E-state index is 12.9. The van der Waals surface area contributed by atoms with Crippen LogP contribution < -0.4 is 0 Å². The third kappa shape index (κ3) is 7.81. The fourth-order valence-electron chi connectivity index (χ4n) is 1.50. The average molecular weight is 417 g/mol. The van der Waals surface area contributed by atoms with E-state index in [4.69, 9.17) is 4.55 Å². The second-order valence-corrected chi connectivity index (χ2v) is 6.43. The molecule has 0 fully saturated rings. The van der Waals surface area contributed by atoms with Crippen LogP contribution in [0.3, 0.4) is 0 Å². The number of alkyl halides is 8.